The summed E-state index contributed by atoms with van der Waals surface area (Å²) in [5.74, 6) is 0. The lowest BCUT2D eigenvalue weighted by Crippen LogP contribution is -1.93. The molecule has 56 heavy (non-hydrogen) atoms. The second kappa shape index (κ2) is 12.0. The minimum absolute atomic E-state index is 1.01. The molecule has 0 atom stereocenters. The molecule has 0 spiro atoms. The summed E-state index contributed by atoms with van der Waals surface area (Å²) in [6, 6.07) is 68.4. The van der Waals surface area contributed by atoms with Crippen LogP contribution in [0.4, 0.5) is 0 Å². The van der Waals surface area contributed by atoms with Gasteiger partial charge >= 0.3 is 0 Å². The molecule has 0 radical (unpaired) electrons. The number of nitrogens with zero attached hydrogens (tertiary/aromatic N) is 2. The SMILES string of the molecule is c1cc(-c2ccc3ccc4cc(-c5ccnc6c5ccc5ccccc56)ccc4c3c2)cc(-c2nc3ccccc3c3c4ccccc4c4ccccc4c23)c1. The predicted molar refractivity (Wildman–Crippen MR) is 238 cm³/mol. The Morgan fingerprint density at radius 2 is 0.911 bits per heavy atom. The van der Waals surface area contributed by atoms with E-state index >= 15 is 0 Å². The summed E-state index contributed by atoms with van der Waals surface area (Å²) in [4.78, 5) is 10.2. The third-order valence-corrected chi connectivity index (χ3v) is 11.8. The topological polar surface area (TPSA) is 25.8 Å². The van der Waals surface area contributed by atoms with Gasteiger partial charge in [-0.25, -0.2) is 4.98 Å². The van der Waals surface area contributed by atoms with E-state index in [4.69, 9.17) is 9.97 Å². The van der Waals surface area contributed by atoms with E-state index in [1.807, 2.05) is 6.20 Å². The van der Waals surface area contributed by atoms with Crippen molar-refractivity contribution in [3.8, 4) is 33.5 Å². The van der Waals surface area contributed by atoms with Crippen LogP contribution in [0, 0.1) is 0 Å². The zero-order chi connectivity index (χ0) is 36.7. The zero-order valence-electron chi connectivity index (χ0n) is 30.4. The molecule has 2 heteroatoms. The van der Waals surface area contributed by atoms with Crippen LogP contribution in [0.5, 0.6) is 0 Å². The van der Waals surface area contributed by atoms with Crippen molar-refractivity contribution in [2.45, 2.75) is 0 Å². The average Bonchev–Trinajstić information content (AvgIpc) is 3.28. The van der Waals surface area contributed by atoms with E-state index in [0.29, 0.717) is 0 Å². The number of rotatable bonds is 3. The van der Waals surface area contributed by atoms with Crippen LogP contribution in [-0.4, -0.2) is 9.97 Å². The fraction of sp³-hybridized carbons (Fsp3) is 0. The van der Waals surface area contributed by atoms with E-state index in [1.165, 1.54) is 97.7 Å². The molecule has 0 saturated carbocycles. The number of aromatic nitrogens is 2. The van der Waals surface area contributed by atoms with E-state index < -0.39 is 0 Å². The molecule has 12 rings (SSSR count). The minimum atomic E-state index is 1.01. The van der Waals surface area contributed by atoms with Crippen LogP contribution in [-0.2, 0) is 0 Å². The Balaban J connectivity index is 1.02. The Hall–Kier alpha value is -7.42. The first-order valence-electron chi connectivity index (χ1n) is 19.2. The molecule has 2 nitrogen and oxygen atoms in total. The first kappa shape index (κ1) is 31.0. The van der Waals surface area contributed by atoms with Gasteiger partial charge in [-0.3, -0.25) is 4.98 Å². The summed E-state index contributed by atoms with van der Waals surface area (Å²) in [7, 11) is 0. The highest BCUT2D eigenvalue weighted by Gasteiger charge is 2.18. The normalized spacial score (nSPS) is 11.9. The lowest BCUT2D eigenvalue weighted by atomic mass is 9.89. The van der Waals surface area contributed by atoms with E-state index in [9.17, 15) is 0 Å². The van der Waals surface area contributed by atoms with Gasteiger partial charge in [0.15, 0.2) is 0 Å². The van der Waals surface area contributed by atoms with Crippen LogP contribution in [0.25, 0.3) is 120 Å². The standard InChI is InChI=1S/C54H32N2/c1-2-13-42-33(10-1)24-27-47-41(28-29-55-54(42)47)38-25-26-40-37(31-38)23-21-34-20-22-36(32-49(34)40)35-11-9-12-39(30-35)53-52-46-17-6-4-15-44(46)43-14-3-5-16-45(43)51(52)48-18-7-8-19-50(48)56-53/h1-32H. The fourth-order valence-electron chi connectivity index (χ4n) is 9.23. The summed E-state index contributed by atoms with van der Waals surface area (Å²) in [5.41, 5.74) is 8.91. The maximum Gasteiger partial charge on any atom is 0.0794 e. The molecule has 0 aliphatic carbocycles. The molecular weight excluding hydrogens is 677 g/mol. The van der Waals surface area contributed by atoms with Crippen LogP contribution in [0.15, 0.2) is 194 Å². The summed E-state index contributed by atoms with van der Waals surface area (Å²) in [6.07, 6.45) is 1.94. The third-order valence-electron chi connectivity index (χ3n) is 11.8. The van der Waals surface area contributed by atoms with E-state index in [0.717, 1.165) is 22.3 Å². The number of para-hydroxylation sites is 1. The van der Waals surface area contributed by atoms with Crippen molar-refractivity contribution in [3.05, 3.63) is 194 Å². The van der Waals surface area contributed by atoms with Crippen molar-refractivity contribution in [1.29, 1.82) is 0 Å². The van der Waals surface area contributed by atoms with Crippen molar-refractivity contribution < 1.29 is 0 Å². The Labute approximate surface area is 322 Å². The van der Waals surface area contributed by atoms with Gasteiger partial charge in [0.25, 0.3) is 0 Å². The highest BCUT2D eigenvalue weighted by Crippen LogP contribution is 2.43. The molecule has 10 aromatic carbocycles. The molecule has 0 saturated heterocycles. The Bertz CT molecular complexity index is 3600. The van der Waals surface area contributed by atoms with Crippen LogP contribution in [0.2, 0.25) is 0 Å². The lowest BCUT2D eigenvalue weighted by Gasteiger charge is -2.16. The number of fused-ring (bicyclic) bond motifs is 14. The first-order valence-corrected chi connectivity index (χ1v) is 19.2. The van der Waals surface area contributed by atoms with Gasteiger partial charge in [0.2, 0.25) is 0 Å². The number of pyridine rings is 2. The maximum absolute atomic E-state index is 5.42. The molecule has 0 aliphatic rings. The molecule has 0 unspecified atom stereocenters. The van der Waals surface area contributed by atoms with E-state index in [2.05, 4.69) is 188 Å². The summed E-state index contributed by atoms with van der Waals surface area (Å²) < 4.78 is 0. The molecular formula is C54H32N2. The fourth-order valence-corrected chi connectivity index (χ4v) is 9.23. The summed E-state index contributed by atoms with van der Waals surface area (Å²) >= 11 is 0. The van der Waals surface area contributed by atoms with Gasteiger partial charge in [-0.05, 0) is 101 Å². The highest BCUT2D eigenvalue weighted by molar-refractivity contribution is 6.33. The van der Waals surface area contributed by atoms with Gasteiger partial charge in [-0.15, -0.1) is 0 Å². The molecule has 0 bridgehead atoms. The van der Waals surface area contributed by atoms with Gasteiger partial charge in [0.05, 0.1) is 16.7 Å². The summed E-state index contributed by atoms with van der Waals surface area (Å²) in [5, 5.41) is 17.1. The quantitative estimate of drug-likeness (QED) is 0.171. The number of hydrogen-bond acceptors (Lipinski definition) is 2. The Kier molecular flexibility index (Phi) is 6.66. The molecule has 2 aromatic heterocycles. The van der Waals surface area contributed by atoms with Gasteiger partial charge in [0.1, 0.15) is 0 Å². The Morgan fingerprint density at radius 1 is 0.304 bits per heavy atom. The van der Waals surface area contributed by atoms with E-state index in [-0.39, 0.29) is 0 Å². The molecule has 0 aliphatic heterocycles. The molecule has 12 aromatic rings. The number of hydrogen-bond donors (Lipinski definition) is 0. The van der Waals surface area contributed by atoms with Gasteiger partial charge in [-0.2, -0.15) is 0 Å². The molecule has 2 heterocycles. The predicted octanol–water partition coefficient (Wildman–Crippen LogP) is 14.7. The average molecular weight is 709 g/mol. The van der Waals surface area contributed by atoms with Crippen molar-refractivity contribution in [2.75, 3.05) is 0 Å². The second-order valence-electron chi connectivity index (χ2n) is 14.9. The van der Waals surface area contributed by atoms with Crippen molar-refractivity contribution in [2.24, 2.45) is 0 Å². The first-order chi connectivity index (χ1) is 27.8. The largest absolute Gasteiger partial charge is 0.256 e. The monoisotopic (exact) mass is 708 g/mol. The van der Waals surface area contributed by atoms with Crippen LogP contribution < -0.4 is 0 Å². The number of benzene rings is 10. The molecule has 0 N–H and O–H groups in total. The van der Waals surface area contributed by atoms with Gasteiger partial charge in [-0.1, -0.05) is 158 Å². The summed E-state index contributed by atoms with van der Waals surface area (Å²) in [6.45, 7) is 0. The van der Waals surface area contributed by atoms with Crippen LogP contribution in [0.3, 0.4) is 0 Å². The van der Waals surface area contributed by atoms with Gasteiger partial charge < -0.3 is 0 Å². The molecule has 0 amide bonds. The van der Waals surface area contributed by atoms with E-state index in [1.54, 1.807) is 0 Å². The maximum atomic E-state index is 5.42. The highest BCUT2D eigenvalue weighted by atomic mass is 14.7. The smallest absolute Gasteiger partial charge is 0.0794 e. The molecule has 0 fully saturated rings. The van der Waals surface area contributed by atoms with Crippen LogP contribution in [0.1, 0.15) is 0 Å². The van der Waals surface area contributed by atoms with Crippen molar-refractivity contribution >= 4 is 86.4 Å². The third kappa shape index (κ3) is 4.63. The molecule has 258 valence electrons. The van der Waals surface area contributed by atoms with Crippen molar-refractivity contribution in [1.82, 2.24) is 9.97 Å². The van der Waals surface area contributed by atoms with Gasteiger partial charge in [0, 0.05) is 38.7 Å². The lowest BCUT2D eigenvalue weighted by molar-refractivity contribution is 1.43. The van der Waals surface area contributed by atoms with Crippen molar-refractivity contribution in [3.63, 3.8) is 0 Å². The second-order valence-corrected chi connectivity index (χ2v) is 14.9. The zero-order valence-corrected chi connectivity index (χ0v) is 30.4. The minimum Gasteiger partial charge on any atom is -0.256 e. The Morgan fingerprint density at radius 3 is 1.77 bits per heavy atom. The van der Waals surface area contributed by atoms with Crippen LogP contribution >= 0.6 is 0 Å².